The summed E-state index contributed by atoms with van der Waals surface area (Å²) in [5.74, 6) is -1.66. The number of fused-ring (bicyclic) bond motifs is 5. The fourth-order valence-corrected chi connectivity index (χ4v) is 17.2. The Labute approximate surface area is 494 Å². The van der Waals surface area contributed by atoms with Crippen molar-refractivity contribution in [3.8, 4) is 0 Å². The number of hydrogen-bond acceptors (Lipinski definition) is 27. The lowest BCUT2D eigenvalue weighted by atomic mass is 9.35. The van der Waals surface area contributed by atoms with Gasteiger partial charge in [0.2, 0.25) is 0 Å². The number of ketones is 1. The minimum Gasteiger partial charge on any atom is -0.396 e. The molecule has 4 aliphatic carbocycles. The van der Waals surface area contributed by atoms with E-state index in [4.69, 9.17) is 47.4 Å². The molecule has 85 heavy (non-hydrogen) atoms. The van der Waals surface area contributed by atoms with Gasteiger partial charge in [-0.05, 0) is 100 Å². The highest BCUT2D eigenvalue weighted by atomic mass is 16.8. The topological polar surface area (TPSA) is 433 Å². The van der Waals surface area contributed by atoms with Gasteiger partial charge in [0.05, 0.1) is 50.3 Å². The van der Waals surface area contributed by atoms with Crippen LogP contribution in [0.1, 0.15) is 107 Å². The number of carbonyl (C=O) groups excluding carboxylic acids is 1. The Kier molecular flexibility index (Phi) is 20.6. The molecule has 0 aromatic carbocycles. The van der Waals surface area contributed by atoms with Crippen molar-refractivity contribution in [2.75, 3.05) is 33.0 Å². The molecule has 0 spiro atoms. The van der Waals surface area contributed by atoms with Crippen molar-refractivity contribution in [1.29, 1.82) is 0 Å². The first kappa shape index (κ1) is 67.8. The van der Waals surface area contributed by atoms with Crippen LogP contribution >= 0.6 is 0 Å². The summed E-state index contributed by atoms with van der Waals surface area (Å²) in [7, 11) is 0. The third kappa shape index (κ3) is 12.1. The van der Waals surface area contributed by atoms with E-state index < -0.39 is 219 Å². The summed E-state index contributed by atoms with van der Waals surface area (Å²) in [4.78, 5) is 14.8. The van der Waals surface area contributed by atoms with Gasteiger partial charge in [-0.25, -0.2) is 0 Å². The van der Waals surface area contributed by atoms with Crippen LogP contribution in [0.2, 0.25) is 0 Å². The first-order valence-corrected chi connectivity index (χ1v) is 30.2. The Morgan fingerprint density at radius 1 is 0.612 bits per heavy atom. The zero-order valence-electron chi connectivity index (χ0n) is 49.7. The molecule has 16 N–H and O–H groups in total. The largest absolute Gasteiger partial charge is 0.396 e. The normalized spacial score (nSPS) is 52.1. The van der Waals surface area contributed by atoms with Gasteiger partial charge in [-0.1, -0.05) is 39.3 Å². The van der Waals surface area contributed by atoms with Crippen LogP contribution in [0.15, 0.2) is 11.6 Å². The lowest BCUT2D eigenvalue weighted by molar-refractivity contribution is -0.398. The van der Waals surface area contributed by atoms with Gasteiger partial charge >= 0.3 is 0 Å². The molecule has 5 aliphatic heterocycles. The van der Waals surface area contributed by atoms with Gasteiger partial charge in [0.15, 0.2) is 31.5 Å². The minimum atomic E-state index is -1.93. The molecular formula is C58H96O27. The Balaban J connectivity index is 0.960. The Hall–Kier alpha value is -1.63. The van der Waals surface area contributed by atoms with E-state index in [1.165, 1.54) is 6.92 Å². The SMILES string of the molecule is CC(C)=C[C@@H](C[C@](C)(O)[C@H]1C(=O)C[C@]2(CO)[C@@H]1CC[C@@H]1[C@@]3(C)CC[C@H](O[C@@H]4OC[C@H](O)[C@H](O[C@@H]5O[C@H](CO)[C@@H](O)[C@H](O)[C@H]5O[C@@H]5OC[C@@H](O)[C@H](O)[C@H]5O)[C@H]4O[C@@H]4O[C@@H](C)[C@H](O)[C@@H](O)[C@H]4O)C(C)(C)C3CC[C@]12C)O[C@@H]1O[C@H](CO)[C@@H](O)[C@H](O)[C@H]1O. The van der Waals surface area contributed by atoms with Gasteiger partial charge in [-0.3, -0.25) is 4.79 Å². The van der Waals surface area contributed by atoms with Gasteiger partial charge in [-0.15, -0.1) is 0 Å². The second-order valence-corrected chi connectivity index (χ2v) is 27.6. The monoisotopic (exact) mass is 1220 g/mol. The van der Waals surface area contributed by atoms with Crippen molar-refractivity contribution >= 4 is 5.78 Å². The average Bonchev–Trinajstić information content (AvgIpc) is 1.67. The highest BCUT2D eigenvalue weighted by molar-refractivity contribution is 5.86. The maximum absolute atomic E-state index is 14.8. The molecule has 490 valence electrons. The van der Waals surface area contributed by atoms with Crippen LogP contribution in [0.4, 0.5) is 0 Å². The maximum Gasteiger partial charge on any atom is 0.187 e. The highest BCUT2D eigenvalue weighted by Crippen LogP contribution is 2.75. The van der Waals surface area contributed by atoms with E-state index in [1.54, 1.807) is 13.0 Å². The summed E-state index contributed by atoms with van der Waals surface area (Å²) in [6.07, 6.45) is -34.3. The number of aliphatic hydroxyl groups excluding tert-OH is 15. The number of carbonyl (C=O) groups is 1. The van der Waals surface area contributed by atoms with Crippen molar-refractivity contribution in [3.63, 3.8) is 0 Å². The summed E-state index contributed by atoms with van der Waals surface area (Å²) < 4.78 is 61.2. The van der Waals surface area contributed by atoms with Crippen LogP contribution in [0.25, 0.3) is 0 Å². The molecule has 9 rings (SSSR count). The second-order valence-electron chi connectivity index (χ2n) is 27.6. The maximum atomic E-state index is 14.8. The summed E-state index contributed by atoms with van der Waals surface area (Å²) >= 11 is 0. The number of rotatable bonds is 17. The third-order valence-electron chi connectivity index (χ3n) is 21.7. The number of Topliss-reactive ketones (excluding diaryl/α,β-unsaturated/α-hetero) is 1. The molecule has 9 fully saturated rings. The summed E-state index contributed by atoms with van der Waals surface area (Å²) in [5.41, 5.74) is -3.58. The predicted molar refractivity (Wildman–Crippen MR) is 287 cm³/mol. The van der Waals surface area contributed by atoms with Gasteiger partial charge in [0, 0.05) is 30.8 Å². The molecule has 0 aromatic rings. The quantitative estimate of drug-likeness (QED) is 0.0489. The lowest BCUT2D eigenvalue weighted by Gasteiger charge is -2.70. The summed E-state index contributed by atoms with van der Waals surface area (Å²) in [6.45, 7) is 12.5. The van der Waals surface area contributed by atoms with Crippen molar-refractivity contribution in [1.82, 2.24) is 0 Å². The number of ether oxygens (including phenoxy) is 10. The summed E-state index contributed by atoms with van der Waals surface area (Å²) in [5, 5.41) is 175. The number of allylic oxidation sites excluding steroid dienone is 1. The van der Waals surface area contributed by atoms with E-state index in [9.17, 15) is 86.5 Å². The molecule has 9 aliphatic rings. The predicted octanol–water partition coefficient (Wildman–Crippen LogP) is -3.92. The van der Waals surface area contributed by atoms with Gasteiger partial charge in [-0.2, -0.15) is 0 Å². The average molecular weight is 1230 g/mol. The number of aliphatic hydroxyl groups is 16. The molecule has 5 saturated heterocycles. The van der Waals surface area contributed by atoms with Gasteiger partial charge in [0.1, 0.15) is 110 Å². The Morgan fingerprint density at radius 2 is 1.19 bits per heavy atom. The molecule has 0 aromatic heterocycles. The molecule has 27 nitrogen and oxygen atoms in total. The Bertz CT molecular complexity index is 2290. The molecule has 33 atom stereocenters. The molecule has 1 unspecified atom stereocenters. The van der Waals surface area contributed by atoms with Crippen molar-refractivity contribution in [3.05, 3.63) is 11.6 Å². The zero-order chi connectivity index (χ0) is 62.4. The van der Waals surface area contributed by atoms with Crippen molar-refractivity contribution in [2.24, 2.45) is 45.3 Å². The molecule has 27 heteroatoms. The third-order valence-corrected chi connectivity index (χ3v) is 21.7. The van der Waals surface area contributed by atoms with Crippen LogP contribution in [0.5, 0.6) is 0 Å². The van der Waals surface area contributed by atoms with Crippen molar-refractivity contribution in [2.45, 2.75) is 266 Å². The molecule has 0 bridgehead atoms. The summed E-state index contributed by atoms with van der Waals surface area (Å²) in [6, 6.07) is 0. The van der Waals surface area contributed by atoms with Crippen molar-refractivity contribution < 1.29 is 134 Å². The van der Waals surface area contributed by atoms with Gasteiger partial charge < -0.3 is 129 Å². The van der Waals surface area contributed by atoms with Crippen LogP contribution in [0.3, 0.4) is 0 Å². The fourth-order valence-electron chi connectivity index (χ4n) is 17.2. The highest BCUT2D eigenvalue weighted by Gasteiger charge is 2.73. The van der Waals surface area contributed by atoms with Crippen LogP contribution in [-0.2, 0) is 52.2 Å². The standard InChI is InChI=1S/C58H96O27/c1-23(2)15-25(79-51-45(74)41(70)38(67)30(18-59)80-51)16-57(8,75)35-26-9-10-33-55(6)13-12-34(54(4,5)32(55)11-14-56(33,7)58(26,22-61)17-27(35)62)82-52-48(85-50-44(73)40(69)36(65)24(3)78-50)46(29(64)21-77-52)83-53-47(42(71)39(68)31(19-60)81-53)84-49-43(72)37(66)28(63)20-76-49/h15,24-26,28-53,59-61,63-75H,9-14,16-22H2,1-8H3/t24-,25-,26+,28+,29-,30+,31+,32?,33+,34-,35+,36-,37-,38+,39+,40+,41-,42-,43+,44+,45+,46-,47+,48+,49-,50-,51+,52-,53-,55-,56+,57-,58-/m0/s1. The van der Waals surface area contributed by atoms with E-state index in [-0.39, 0.29) is 37.1 Å². The molecule has 0 amide bonds. The first-order chi connectivity index (χ1) is 39.8. The van der Waals surface area contributed by atoms with E-state index in [0.29, 0.717) is 38.5 Å². The van der Waals surface area contributed by atoms with Gasteiger partial charge in [0.25, 0.3) is 0 Å². The lowest BCUT2D eigenvalue weighted by Crippen LogP contribution is -2.67. The zero-order valence-corrected chi connectivity index (χ0v) is 49.7. The fraction of sp³-hybridized carbons (Fsp3) is 0.948. The van der Waals surface area contributed by atoms with Crippen LogP contribution in [0, 0.1) is 45.3 Å². The van der Waals surface area contributed by atoms with E-state index in [1.807, 2.05) is 13.8 Å². The van der Waals surface area contributed by atoms with E-state index >= 15 is 0 Å². The molecular weight excluding hydrogens is 1130 g/mol. The van der Waals surface area contributed by atoms with E-state index in [0.717, 1.165) is 5.57 Å². The number of hydrogen-bond donors (Lipinski definition) is 16. The van der Waals surface area contributed by atoms with E-state index in [2.05, 4.69) is 27.7 Å². The van der Waals surface area contributed by atoms with Crippen LogP contribution in [-0.4, -0.2) is 280 Å². The minimum absolute atomic E-state index is 0.0188. The van der Waals surface area contributed by atoms with Crippen LogP contribution < -0.4 is 0 Å². The smallest absolute Gasteiger partial charge is 0.187 e. The second kappa shape index (κ2) is 25.8. The molecule has 4 saturated carbocycles. The Morgan fingerprint density at radius 3 is 1.84 bits per heavy atom. The molecule has 5 heterocycles. The first-order valence-electron chi connectivity index (χ1n) is 30.2. The molecule has 0 radical (unpaired) electrons.